The van der Waals surface area contributed by atoms with Crippen LogP contribution in [-0.4, -0.2) is 41.1 Å². The van der Waals surface area contributed by atoms with Crippen molar-refractivity contribution < 1.29 is 28.7 Å². The highest BCUT2D eigenvalue weighted by molar-refractivity contribution is 8.18. The lowest BCUT2D eigenvalue weighted by Gasteiger charge is -2.11. The summed E-state index contributed by atoms with van der Waals surface area (Å²) in [4.78, 5) is 49.8. The Labute approximate surface area is 191 Å². The number of amides is 2. The van der Waals surface area contributed by atoms with Crippen molar-refractivity contribution in [1.29, 1.82) is 0 Å². The van der Waals surface area contributed by atoms with Crippen LogP contribution in [-0.2, 0) is 14.3 Å². The number of carbonyl (C=O) groups is 4. The molecule has 0 atom stereocenters. The van der Waals surface area contributed by atoms with Crippen molar-refractivity contribution in [2.24, 2.45) is 0 Å². The van der Waals surface area contributed by atoms with Crippen molar-refractivity contribution in [2.45, 2.75) is 6.92 Å². The summed E-state index contributed by atoms with van der Waals surface area (Å²) in [6.45, 7) is 1.27. The highest BCUT2D eigenvalue weighted by Gasteiger charge is 2.36. The molecule has 1 heterocycles. The van der Waals surface area contributed by atoms with Gasteiger partial charge in [0.05, 0.1) is 22.1 Å². The molecule has 7 nitrogen and oxygen atoms in total. The highest BCUT2D eigenvalue weighted by atomic mass is 35.5. The third-order valence-corrected chi connectivity index (χ3v) is 5.49. The van der Waals surface area contributed by atoms with Crippen molar-refractivity contribution in [2.75, 3.05) is 13.2 Å². The average Bonchev–Trinajstić information content (AvgIpc) is 2.98. The number of halogens is 2. The monoisotopic (exact) mass is 479 g/mol. The molecule has 1 saturated heterocycles. The van der Waals surface area contributed by atoms with Crippen molar-refractivity contribution in [3.8, 4) is 5.75 Å². The zero-order valence-electron chi connectivity index (χ0n) is 16.1. The van der Waals surface area contributed by atoms with Crippen LogP contribution in [0.3, 0.4) is 0 Å². The molecule has 0 unspecified atom stereocenters. The first kappa shape index (κ1) is 22.9. The lowest BCUT2D eigenvalue weighted by molar-refractivity contribution is -0.145. The summed E-state index contributed by atoms with van der Waals surface area (Å²) in [5.74, 6) is -1.93. The van der Waals surface area contributed by atoms with Crippen LogP contribution in [0.2, 0.25) is 10.0 Å². The van der Waals surface area contributed by atoms with E-state index in [0.717, 1.165) is 4.90 Å². The van der Waals surface area contributed by atoms with Crippen molar-refractivity contribution in [3.05, 3.63) is 68.5 Å². The first-order valence-electron chi connectivity index (χ1n) is 8.97. The van der Waals surface area contributed by atoms with Crippen molar-refractivity contribution >= 4 is 64.1 Å². The molecule has 10 heteroatoms. The molecule has 2 aromatic carbocycles. The van der Waals surface area contributed by atoms with Gasteiger partial charge in [0.2, 0.25) is 0 Å². The van der Waals surface area contributed by atoms with E-state index in [1.54, 1.807) is 25.1 Å². The number of nitrogens with zero attached hydrogens (tertiary/aromatic N) is 1. The average molecular weight is 480 g/mol. The van der Waals surface area contributed by atoms with E-state index in [1.807, 2.05) is 0 Å². The molecule has 0 N–H and O–H groups in total. The van der Waals surface area contributed by atoms with Crippen LogP contribution in [0.5, 0.6) is 5.75 Å². The Kier molecular flexibility index (Phi) is 7.37. The zero-order valence-corrected chi connectivity index (χ0v) is 18.4. The molecule has 160 valence electrons. The number of ether oxygens (including phenoxy) is 2. The summed E-state index contributed by atoms with van der Waals surface area (Å²) in [5, 5.41) is -0.0569. The predicted molar refractivity (Wildman–Crippen MR) is 117 cm³/mol. The molecule has 1 aliphatic heterocycles. The molecule has 3 rings (SSSR count). The van der Waals surface area contributed by atoms with Gasteiger partial charge in [0.1, 0.15) is 12.3 Å². The number of hydrogen-bond acceptors (Lipinski definition) is 7. The predicted octanol–water partition coefficient (Wildman–Crippen LogP) is 4.81. The van der Waals surface area contributed by atoms with Crippen LogP contribution in [0.4, 0.5) is 4.79 Å². The molecule has 0 spiro atoms. The van der Waals surface area contributed by atoms with Gasteiger partial charge in [0, 0.05) is 10.6 Å². The van der Waals surface area contributed by atoms with Crippen LogP contribution in [0.25, 0.3) is 6.08 Å². The molecule has 31 heavy (non-hydrogen) atoms. The number of rotatable bonds is 6. The van der Waals surface area contributed by atoms with Gasteiger partial charge in [-0.15, -0.1) is 0 Å². The van der Waals surface area contributed by atoms with Gasteiger partial charge in [-0.2, -0.15) is 0 Å². The molecule has 1 aliphatic rings. The van der Waals surface area contributed by atoms with Gasteiger partial charge in [-0.25, -0.2) is 4.79 Å². The number of imide groups is 1. The van der Waals surface area contributed by atoms with Crippen LogP contribution < -0.4 is 4.74 Å². The van der Waals surface area contributed by atoms with Gasteiger partial charge < -0.3 is 9.47 Å². The Bertz CT molecular complexity index is 1100. The van der Waals surface area contributed by atoms with E-state index >= 15 is 0 Å². The third-order valence-electron chi connectivity index (χ3n) is 4.02. The fraction of sp³-hybridized carbons (Fsp3) is 0.143. The molecule has 1 fully saturated rings. The molecule has 0 aliphatic carbocycles. The van der Waals surface area contributed by atoms with E-state index in [4.69, 9.17) is 32.7 Å². The lowest BCUT2D eigenvalue weighted by Crippen LogP contribution is -2.34. The van der Waals surface area contributed by atoms with Crippen molar-refractivity contribution in [3.63, 3.8) is 0 Å². The Morgan fingerprint density at radius 2 is 1.87 bits per heavy atom. The molecular formula is C21H15Cl2NO6S. The second-order valence-corrected chi connectivity index (χ2v) is 7.96. The fourth-order valence-electron chi connectivity index (χ4n) is 2.62. The van der Waals surface area contributed by atoms with Gasteiger partial charge in [-0.05, 0) is 55.1 Å². The molecular weight excluding hydrogens is 465 g/mol. The SMILES string of the molecule is CCOC(=O)CN1C(=O)S/C(=C\c2cc(Cl)ccc2OC(=O)c2ccccc2Cl)C1=O. The number of thioether (sulfide) groups is 1. The van der Waals surface area contributed by atoms with E-state index in [1.165, 1.54) is 30.3 Å². The maximum absolute atomic E-state index is 12.6. The topological polar surface area (TPSA) is 90.0 Å². The smallest absolute Gasteiger partial charge is 0.345 e. The van der Waals surface area contributed by atoms with Crippen LogP contribution in [0.15, 0.2) is 47.4 Å². The minimum absolute atomic E-state index is 0.0478. The van der Waals surface area contributed by atoms with E-state index in [-0.39, 0.29) is 27.8 Å². The first-order chi connectivity index (χ1) is 14.8. The van der Waals surface area contributed by atoms with Crippen molar-refractivity contribution in [1.82, 2.24) is 4.90 Å². The van der Waals surface area contributed by atoms with Gasteiger partial charge in [0.25, 0.3) is 11.1 Å². The second-order valence-electron chi connectivity index (χ2n) is 6.12. The second kappa shape index (κ2) is 10.00. The minimum Gasteiger partial charge on any atom is -0.465 e. The van der Waals surface area contributed by atoms with Crippen LogP contribution in [0.1, 0.15) is 22.8 Å². The summed E-state index contributed by atoms with van der Waals surface area (Å²) < 4.78 is 10.2. The maximum atomic E-state index is 12.6. The van der Waals surface area contributed by atoms with Gasteiger partial charge in [-0.3, -0.25) is 19.3 Å². The summed E-state index contributed by atoms with van der Waals surface area (Å²) in [6, 6.07) is 10.9. The summed E-state index contributed by atoms with van der Waals surface area (Å²) >= 11 is 12.8. The summed E-state index contributed by atoms with van der Waals surface area (Å²) in [5.41, 5.74) is 0.467. The fourth-order valence-corrected chi connectivity index (χ4v) is 3.84. The van der Waals surface area contributed by atoms with E-state index in [2.05, 4.69) is 0 Å². The number of esters is 2. The normalized spacial score (nSPS) is 14.8. The van der Waals surface area contributed by atoms with E-state index < -0.39 is 29.6 Å². The number of carbonyl (C=O) groups excluding carboxylic acids is 4. The van der Waals surface area contributed by atoms with Gasteiger partial charge >= 0.3 is 11.9 Å². The maximum Gasteiger partial charge on any atom is 0.345 e. The van der Waals surface area contributed by atoms with Gasteiger partial charge in [-0.1, -0.05) is 35.3 Å². The summed E-state index contributed by atoms with van der Waals surface area (Å²) in [7, 11) is 0. The van der Waals surface area contributed by atoms with Gasteiger partial charge in [0.15, 0.2) is 0 Å². The first-order valence-corrected chi connectivity index (χ1v) is 10.5. The largest absolute Gasteiger partial charge is 0.465 e. The molecule has 0 bridgehead atoms. The summed E-state index contributed by atoms with van der Waals surface area (Å²) in [6.07, 6.45) is 1.37. The van der Waals surface area contributed by atoms with Crippen LogP contribution >= 0.6 is 35.0 Å². The Balaban J connectivity index is 1.87. The highest BCUT2D eigenvalue weighted by Crippen LogP contribution is 2.35. The number of benzene rings is 2. The van der Waals surface area contributed by atoms with E-state index in [9.17, 15) is 19.2 Å². The minimum atomic E-state index is -0.696. The third kappa shape index (κ3) is 5.46. The standard InChI is InChI=1S/C21H15Cl2NO6S/c1-2-29-18(25)11-24-19(26)17(31-21(24)28)10-12-9-13(22)7-8-16(12)30-20(27)14-5-3-4-6-15(14)23/h3-10H,2,11H2,1H3/b17-10-. The molecule has 2 amide bonds. The number of hydrogen-bond donors (Lipinski definition) is 0. The Morgan fingerprint density at radius 3 is 2.58 bits per heavy atom. The molecule has 0 radical (unpaired) electrons. The Morgan fingerprint density at radius 1 is 1.13 bits per heavy atom. The quantitative estimate of drug-likeness (QED) is 0.333. The zero-order chi connectivity index (χ0) is 22.5. The van der Waals surface area contributed by atoms with Crippen LogP contribution in [0, 0.1) is 0 Å². The Hall–Kier alpha value is -2.81. The molecule has 0 aromatic heterocycles. The van der Waals surface area contributed by atoms with E-state index in [0.29, 0.717) is 22.3 Å². The lowest BCUT2D eigenvalue weighted by atomic mass is 10.1. The molecule has 2 aromatic rings. The molecule has 0 saturated carbocycles.